The molecule has 1 aromatic heterocycles. The van der Waals surface area contributed by atoms with Crippen LogP contribution in [0.4, 0.5) is 34.1 Å². The Bertz CT molecular complexity index is 3340. The fraction of sp³-hybridized carbons (Fsp3) is 0.213. The van der Waals surface area contributed by atoms with E-state index in [-0.39, 0.29) is 23.0 Å². The van der Waals surface area contributed by atoms with Gasteiger partial charge in [0.05, 0.1) is 5.69 Å². The van der Waals surface area contributed by atoms with E-state index >= 15 is 0 Å². The minimum atomic E-state index is -0.0342. The first kappa shape index (κ1) is 41.0. The molecule has 0 aliphatic carbocycles. The molecule has 0 spiro atoms. The van der Waals surface area contributed by atoms with Crippen LogP contribution in [0.25, 0.3) is 44.2 Å². The van der Waals surface area contributed by atoms with E-state index in [1.807, 2.05) is 12.1 Å². The molecule has 3 heterocycles. The standard InChI is InChI=1S/C61H57BN2O/c1-38-32-54-58-55(33-38)64(51-28-23-42(59(2,3)4)35-47(51)40-16-12-11-13-17-40)53-30-25-44(61(8,9)10)37-50(53)62(58)49-36-43(60(5,6)7)24-29-52(49)63(54)45-26-20-39(21-27-45)41-22-31-57-48(34-41)46-18-14-15-19-56(46)65-57/h11-37H,1-10H3. The van der Waals surface area contributed by atoms with E-state index in [4.69, 9.17) is 4.42 Å². The summed E-state index contributed by atoms with van der Waals surface area (Å²) in [6.45, 7) is 23.2. The molecular formula is C61H57BN2O. The lowest BCUT2D eigenvalue weighted by atomic mass is 9.33. The lowest BCUT2D eigenvalue weighted by molar-refractivity contribution is 0.590. The van der Waals surface area contributed by atoms with Crippen molar-refractivity contribution in [2.45, 2.75) is 85.5 Å². The fourth-order valence-corrected chi connectivity index (χ4v) is 10.4. The Balaban J connectivity index is 1.16. The largest absolute Gasteiger partial charge is 0.456 e. The summed E-state index contributed by atoms with van der Waals surface area (Å²) in [6, 6.07) is 61.7. The van der Waals surface area contributed by atoms with E-state index in [1.165, 1.54) is 89.3 Å². The van der Waals surface area contributed by atoms with Crippen molar-refractivity contribution in [3.8, 4) is 22.3 Å². The maximum absolute atomic E-state index is 6.20. The number of nitrogens with zero attached hydrogens (tertiary/aromatic N) is 2. The Hall–Kier alpha value is -6.78. The first-order valence-electron chi connectivity index (χ1n) is 23.3. The molecule has 11 rings (SSSR count). The third kappa shape index (κ3) is 6.80. The van der Waals surface area contributed by atoms with Crippen molar-refractivity contribution in [3.05, 3.63) is 186 Å². The van der Waals surface area contributed by atoms with Gasteiger partial charge in [-0.25, -0.2) is 0 Å². The van der Waals surface area contributed by atoms with E-state index in [1.54, 1.807) is 0 Å². The quantitative estimate of drug-likeness (QED) is 0.165. The molecule has 9 aromatic rings. The molecule has 0 radical (unpaired) electrons. The van der Waals surface area contributed by atoms with Crippen molar-refractivity contribution < 1.29 is 4.42 Å². The second-order valence-corrected chi connectivity index (χ2v) is 21.6. The summed E-state index contributed by atoms with van der Waals surface area (Å²) in [5.41, 5.74) is 23.0. The van der Waals surface area contributed by atoms with Crippen molar-refractivity contribution in [1.29, 1.82) is 0 Å². The third-order valence-electron chi connectivity index (χ3n) is 14.0. The highest BCUT2D eigenvalue weighted by Gasteiger charge is 2.44. The van der Waals surface area contributed by atoms with E-state index in [2.05, 4.69) is 231 Å². The predicted octanol–water partition coefficient (Wildman–Crippen LogP) is 15.2. The summed E-state index contributed by atoms with van der Waals surface area (Å²) < 4.78 is 6.20. The van der Waals surface area contributed by atoms with E-state index in [0.29, 0.717) is 0 Å². The number of para-hydroxylation sites is 1. The van der Waals surface area contributed by atoms with Gasteiger partial charge in [0.2, 0.25) is 0 Å². The Kier molecular flexibility index (Phi) is 9.22. The number of fused-ring (bicyclic) bond motifs is 7. The number of hydrogen-bond acceptors (Lipinski definition) is 3. The number of anilines is 6. The lowest BCUT2D eigenvalue weighted by Gasteiger charge is -2.45. The molecule has 0 saturated carbocycles. The number of aryl methyl sites for hydroxylation is 1. The van der Waals surface area contributed by atoms with Crippen LogP contribution in [-0.2, 0) is 16.2 Å². The Morgan fingerprint density at radius 1 is 0.400 bits per heavy atom. The molecule has 320 valence electrons. The average Bonchev–Trinajstić information content (AvgIpc) is 3.66. The van der Waals surface area contributed by atoms with Gasteiger partial charge < -0.3 is 14.2 Å². The first-order chi connectivity index (χ1) is 31.0. The first-order valence-corrected chi connectivity index (χ1v) is 23.3. The fourth-order valence-electron chi connectivity index (χ4n) is 10.4. The van der Waals surface area contributed by atoms with Gasteiger partial charge >= 0.3 is 0 Å². The number of furan rings is 1. The van der Waals surface area contributed by atoms with E-state index in [0.717, 1.165) is 27.6 Å². The average molecular weight is 845 g/mol. The summed E-state index contributed by atoms with van der Waals surface area (Å²) in [5, 5.41) is 2.28. The minimum absolute atomic E-state index is 0.0119. The van der Waals surface area contributed by atoms with Crippen molar-refractivity contribution in [1.82, 2.24) is 0 Å². The van der Waals surface area contributed by atoms with Gasteiger partial charge in [0.15, 0.2) is 0 Å². The molecule has 65 heavy (non-hydrogen) atoms. The second kappa shape index (κ2) is 14.6. The van der Waals surface area contributed by atoms with E-state index in [9.17, 15) is 0 Å². The maximum Gasteiger partial charge on any atom is 0.252 e. The lowest BCUT2D eigenvalue weighted by Crippen LogP contribution is -2.61. The second-order valence-electron chi connectivity index (χ2n) is 21.6. The van der Waals surface area contributed by atoms with Gasteiger partial charge in [-0.2, -0.15) is 0 Å². The van der Waals surface area contributed by atoms with Gasteiger partial charge in [-0.15, -0.1) is 0 Å². The van der Waals surface area contributed by atoms with Gasteiger partial charge in [0.25, 0.3) is 6.71 Å². The summed E-state index contributed by atoms with van der Waals surface area (Å²) in [6.07, 6.45) is 0. The van der Waals surface area contributed by atoms with Crippen LogP contribution < -0.4 is 26.2 Å². The maximum atomic E-state index is 6.20. The van der Waals surface area contributed by atoms with Gasteiger partial charge in [0, 0.05) is 44.8 Å². The van der Waals surface area contributed by atoms with Crippen LogP contribution in [0.3, 0.4) is 0 Å². The summed E-state index contributed by atoms with van der Waals surface area (Å²) >= 11 is 0. The topological polar surface area (TPSA) is 19.6 Å². The monoisotopic (exact) mass is 844 g/mol. The third-order valence-corrected chi connectivity index (χ3v) is 14.0. The zero-order chi connectivity index (χ0) is 45.2. The van der Waals surface area contributed by atoms with Crippen molar-refractivity contribution >= 4 is 79.2 Å². The molecule has 0 amide bonds. The van der Waals surface area contributed by atoms with Crippen LogP contribution in [0, 0.1) is 6.92 Å². The zero-order valence-corrected chi connectivity index (χ0v) is 39.5. The van der Waals surface area contributed by atoms with Gasteiger partial charge in [-0.05, 0) is 145 Å². The number of hydrogen-bond donors (Lipinski definition) is 0. The molecule has 0 bridgehead atoms. The minimum Gasteiger partial charge on any atom is -0.456 e. The highest BCUT2D eigenvalue weighted by Crippen LogP contribution is 2.48. The summed E-state index contributed by atoms with van der Waals surface area (Å²) in [5.74, 6) is 0. The van der Waals surface area contributed by atoms with Crippen LogP contribution in [-0.4, -0.2) is 6.71 Å². The highest BCUT2D eigenvalue weighted by atomic mass is 16.3. The van der Waals surface area contributed by atoms with Crippen LogP contribution >= 0.6 is 0 Å². The van der Waals surface area contributed by atoms with Crippen LogP contribution in [0.2, 0.25) is 0 Å². The number of benzene rings is 8. The summed E-state index contributed by atoms with van der Waals surface area (Å²) in [4.78, 5) is 5.13. The molecule has 0 N–H and O–H groups in total. The Morgan fingerprint density at radius 2 is 0.923 bits per heavy atom. The molecule has 4 heteroatoms. The molecule has 3 nitrogen and oxygen atoms in total. The number of rotatable bonds is 4. The van der Waals surface area contributed by atoms with Crippen molar-refractivity contribution in [3.63, 3.8) is 0 Å². The molecule has 2 aliphatic heterocycles. The van der Waals surface area contributed by atoms with Crippen molar-refractivity contribution in [2.24, 2.45) is 0 Å². The van der Waals surface area contributed by atoms with Crippen LogP contribution in [0.15, 0.2) is 168 Å². The van der Waals surface area contributed by atoms with Gasteiger partial charge in [0.1, 0.15) is 11.2 Å². The molecular weight excluding hydrogens is 787 g/mol. The smallest absolute Gasteiger partial charge is 0.252 e. The zero-order valence-electron chi connectivity index (χ0n) is 39.5. The Labute approximate surface area is 385 Å². The van der Waals surface area contributed by atoms with Gasteiger partial charge in [-0.1, -0.05) is 159 Å². The van der Waals surface area contributed by atoms with Crippen LogP contribution in [0.1, 0.15) is 84.6 Å². The summed E-state index contributed by atoms with van der Waals surface area (Å²) in [7, 11) is 0. The van der Waals surface area contributed by atoms with E-state index < -0.39 is 0 Å². The molecule has 0 unspecified atom stereocenters. The SMILES string of the molecule is Cc1cc2c3c(c1)N(c1ccc(C(C)(C)C)cc1-c1ccccc1)c1ccc(C(C)(C)C)cc1B3c1cc(C(C)(C)C)ccc1N2c1ccc(-c2ccc3oc4ccccc4c3c2)cc1. The molecule has 0 atom stereocenters. The predicted molar refractivity (Wildman–Crippen MR) is 279 cm³/mol. The molecule has 0 saturated heterocycles. The molecule has 8 aromatic carbocycles. The van der Waals surface area contributed by atoms with Crippen LogP contribution in [0.5, 0.6) is 0 Å². The molecule has 2 aliphatic rings. The normalized spacial score (nSPS) is 13.6. The van der Waals surface area contributed by atoms with Gasteiger partial charge in [-0.3, -0.25) is 0 Å². The Morgan fingerprint density at radius 3 is 1.55 bits per heavy atom. The molecule has 0 fully saturated rings. The van der Waals surface area contributed by atoms with Crippen molar-refractivity contribution in [2.75, 3.05) is 9.80 Å². The highest BCUT2D eigenvalue weighted by molar-refractivity contribution is 7.00.